The fourth-order valence-corrected chi connectivity index (χ4v) is 4.21. The first-order valence-corrected chi connectivity index (χ1v) is 10.8. The first-order chi connectivity index (χ1) is 15.2. The Morgan fingerprint density at radius 2 is 1.77 bits per heavy atom. The number of ether oxygens (including phenoxy) is 1. The van der Waals surface area contributed by atoms with E-state index in [9.17, 15) is 4.79 Å². The number of aryl methyl sites for hydroxylation is 1. The van der Waals surface area contributed by atoms with Gasteiger partial charge in [0.05, 0.1) is 12.1 Å². The minimum absolute atomic E-state index is 0.350. The average Bonchev–Trinajstić information content (AvgIpc) is 2.82. The molecule has 4 heteroatoms. The van der Waals surface area contributed by atoms with E-state index in [4.69, 9.17) is 9.15 Å². The van der Waals surface area contributed by atoms with Crippen LogP contribution in [-0.2, 0) is 13.0 Å². The Kier molecular flexibility index (Phi) is 5.21. The topological polar surface area (TPSA) is 42.7 Å². The smallest absolute Gasteiger partial charge is 0.336 e. The fraction of sp³-hybridized carbons (Fsp3) is 0.222. The third-order valence-electron chi connectivity index (χ3n) is 5.90. The van der Waals surface area contributed by atoms with Crippen LogP contribution in [0.5, 0.6) is 5.75 Å². The Labute approximate surface area is 181 Å². The predicted octanol–water partition coefficient (Wildman–Crippen LogP) is 6.16. The molecule has 0 unspecified atom stereocenters. The Morgan fingerprint density at radius 3 is 2.55 bits per heavy atom. The molecule has 1 aliphatic heterocycles. The molecule has 4 aromatic rings. The lowest BCUT2D eigenvalue weighted by Crippen LogP contribution is -2.32. The highest BCUT2D eigenvalue weighted by molar-refractivity contribution is 5.96. The van der Waals surface area contributed by atoms with Gasteiger partial charge in [-0.2, -0.15) is 0 Å². The number of hydrogen-bond acceptors (Lipinski definition) is 4. The molecule has 31 heavy (non-hydrogen) atoms. The molecular weight excluding hydrogens is 386 g/mol. The molecule has 0 aliphatic carbocycles. The quantitative estimate of drug-likeness (QED) is 0.369. The highest BCUT2D eigenvalue weighted by Gasteiger charge is 2.23. The molecule has 0 atom stereocenters. The Morgan fingerprint density at radius 1 is 0.968 bits per heavy atom. The number of unbranched alkanes of at least 4 members (excludes halogenated alkanes) is 1. The number of fused-ring (bicyclic) bond motifs is 3. The highest BCUT2D eigenvalue weighted by Crippen LogP contribution is 2.37. The van der Waals surface area contributed by atoms with E-state index in [1.807, 2.05) is 42.5 Å². The summed E-state index contributed by atoms with van der Waals surface area (Å²) in [5.41, 5.74) is 5.50. The first-order valence-electron chi connectivity index (χ1n) is 10.8. The molecule has 156 valence electrons. The van der Waals surface area contributed by atoms with Crippen LogP contribution < -0.4 is 15.3 Å². The zero-order valence-electron chi connectivity index (χ0n) is 17.6. The molecule has 5 rings (SSSR count). The van der Waals surface area contributed by atoms with Gasteiger partial charge in [-0.3, -0.25) is 0 Å². The second kappa shape index (κ2) is 8.31. The summed E-state index contributed by atoms with van der Waals surface area (Å²) in [7, 11) is 0. The van der Waals surface area contributed by atoms with Gasteiger partial charge in [0.2, 0.25) is 0 Å². The van der Waals surface area contributed by atoms with Crippen LogP contribution in [-0.4, -0.2) is 6.73 Å². The monoisotopic (exact) mass is 411 g/mol. The summed E-state index contributed by atoms with van der Waals surface area (Å²) in [6.07, 6.45) is 3.50. The largest absolute Gasteiger partial charge is 0.473 e. The summed E-state index contributed by atoms with van der Waals surface area (Å²) in [6.45, 7) is 3.31. The number of anilines is 1. The van der Waals surface area contributed by atoms with Crippen molar-refractivity contribution in [3.05, 3.63) is 94.3 Å². The summed E-state index contributed by atoms with van der Waals surface area (Å²) in [4.78, 5) is 14.6. The molecule has 3 aromatic carbocycles. The van der Waals surface area contributed by atoms with Crippen LogP contribution in [0.1, 0.15) is 30.9 Å². The van der Waals surface area contributed by atoms with Crippen LogP contribution in [0.15, 0.2) is 82.0 Å². The van der Waals surface area contributed by atoms with Gasteiger partial charge in [-0.25, -0.2) is 4.79 Å². The third-order valence-corrected chi connectivity index (χ3v) is 5.90. The molecule has 1 aliphatic rings. The Bertz CT molecular complexity index is 1260. The number of benzene rings is 3. The summed E-state index contributed by atoms with van der Waals surface area (Å²) >= 11 is 0. The van der Waals surface area contributed by atoms with E-state index in [1.165, 1.54) is 18.4 Å². The molecule has 0 radical (unpaired) electrons. The summed E-state index contributed by atoms with van der Waals surface area (Å²) in [6, 6.07) is 24.2. The molecule has 2 heterocycles. The highest BCUT2D eigenvalue weighted by atomic mass is 16.5. The van der Waals surface area contributed by atoms with E-state index in [2.05, 4.69) is 36.1 Å². The fourth-order valence-electron chi connectivity index (χ4n) is 4.21. The molecule has 0 N–H and O–H groups in total. The van der Waals surface area contributed by atoms with E-state index in [0.29, 0.717) is 18.9 Å². The number of hydrogen-bond donors (Lipinski definition) is 0. The molecule has 0 amide bonds. The van der Waals surface area contributed by atoms with Gasteiger partial charge in [0.25, 0.3) is 0 Å². The second-order valence-electron chi connectivity index (χ2n) is 8.01. The normalized spacial score (nSPS) is 13.1. The van der Waals surface area contributed by atoms with Crippen molar-refractivity contribution < 1.29 is 9.15 Å². The SMILES string of the molecule is CCCCc1ccc(N2COc3ccc4c(-c5ccccc5)cc(=O)oc4c3C2)cc1. The minimum atomic E-state index is -0.350. The predicted molar refractivity (Wildman–Crippen MR) is 125 cm³/mol. The van der Waals surface area contributed by atoms with Crippen LogP contribution in [0.4, 0.5) is 5.69 Å². The minimum Gasteiger partial charge on any atom is -0.473 e. The lowest BCUT2D eigenvalue weighted by atomic mass is 9.99. The zero-order valence-corrected chi connectivity index (χ0v) is 17.6. The van der Waals surface area contributed by atoms with Gasteiger partial charge in [-0.05, 0) is 53.8 Å². The number of rotatable bonds is 5. The molecule has 4 nitrogen and oxygen atoms in total. The molecule has 0 fully saturated rings. The maximum Gasteiger partial charge on any atom is 0.336 e. The van der Waals surface area contributed by atoms with Crippen molar-refractivity contribution in [2.24, 2.45) is 0 Å². The standard InChI is InChI=1S/C27H25NO3/c1-2-3-7-19-10-12-21(13-11-19)28-17-24-25(30-18-28)15-14-22-23(16-26(29)31-27(22)24)20-8-5-4-6-9-20/h4-6,8-16H,2-3,7,17-18H2,1H3. The maximum absolute atomic E-state index is 12.4. The van der Waals surface area contributed by atoms with E-state index in [0.717, 1.165) is 39.9 Å². The molecule has 0 saturated heterocycles. The van der Waals surface area contributed by atoms with E-state index in [-0.39, 0.29) is 5.63 Å². The first kappa shape index (κ1) is 19.4. The van der Waals surface area contributed by atoms with E-state index >= 15 is 0 Å². The lowest BCUT2D eigenvalue weighted by molar-refractivity contribution is 0.289. The second-order valence-corrected chi connectivity index (χ2v) is 8.01. The molecular formula is C27H25NO3. The van der Waals surface area contributed by atoms with Crippen molar-refractivity contribution in [1.29, 1.82) is 0 Å². The lowest BCUT2D eigenvalue weighted by Gasteiger charge is -2.31. The van der Waals surface area contributed by atoms with E-state index in [1.54, 1.807) is 6.07 Å². The van der Waals surface area contributed by atoms with Gasteiger partial charge in [0, 0.05) is 17.1 Å². The van der Waals surface area contributed by atoms with Crippen molar-refractivity contribution in [1.82, 2.24) is 0 Å². The van der Waals surface area contributed by atoms with Gasteiger partial charge >= 0.3 is 5.63 Å². The zero-order chi connectivity index (χ0) is 21.2. The van der Waals surface area contributed by atoms with Gasteiger partial charge in [-0.15, -0.1) is 0 Å². The molecule has 0 bridgehead atoms. The summed E-state index contributed by atoms with van der Waals surface area (Å²) < 4.78 is 11.8. The van der Waals surface area contributed by atoms with Crippen molar-refractivity contribution in [2.45, 2.75) is 32.7 Å². The third kappa shape index (κ3) is 3.81. The average molecular weight is 412 g/mol. The van der Waals surface area contributed by atoms with Gasteiger partial charge in [-0.1, -0.05) is 55.8 Å². The molecule has 1 aromatic heterocycles. The van der Waals surface area contributed by atoms with Crippen LogP contribution in [0, 0.1) is 0 Å². The van der Waals surface area contributed by atoms with Crippen molar-refractivity contribution >= 4 is 16.7 Å². The van der Waals surface area contributed by atoms with Crippen LogP contribution >= 0.6 is 0 Å². The van der Waals surface area contributed by atoms with Gasteiger partial charge in [0.1, 0.15) is 11.3 Å². The molecule has 0 saturated carbocycles. The van der Waals surface area contributed by atoms with Crippen LogP contribution in [0.25, 0.3) is 22.1 Å². The van der Waals surface area contributed by atoms with Crippen molar-refractivity contribution in [3.8, 4) is 16.9 Å². The summed E-state index contributed by atoms with van der Waals surface area (Å²) in [5, 5.41) is 0.921. The van der Waals surface area contributed by atoms with Crippen molar-refractivity contribution in [2.75, 3.05) is 11.6 Å². The van der Waals surface area contributed by atoms with Crippen LogP contribution in [0.3, 0.4) is 0 Å². The maximum atomic E-state index is 12.4. The number of nitrogens with zero attached hydrogens (tertiary/aromatic N) is 1. The van der Waals surface area contributed by atoms with Crippen molar-refractivity contribution in [3.63, 3.8) is 0 Å². The summed E-state index contributed by atoms with van der Waals surface area (Å²) in [5.74, 6) is 0.775. The van der Waals surface area contributed by atoms with Gasteiger partial charge in [0.15, 0.2) is 6.73 Å². The van der Waals surface area contributed by atoms with E-state index < -0.39 is 0 Å². The Hall–Kier alpha value is -3.53. The molecule has 0 spiro atoms. The van der Waals surface area contributed by atoms with Gasteiger partial charge < -0.3 is 14.1 Å². The van der Waals surface area contributed by atoms with Crippen LogP contribution in [0.2, 0.25) is 0 Å². The Balaban J connectivity index is 1.53.